The molecule has 0 radical (unpaired) electrons. The molecule has 4 heteroatoms. The average molecular weight is 846 g/mol. The number of rotatable bonds is 46. The number of carbonyl (C=O) groups excluding carboxylic acids is 1. The lowest BCUT2D eigenvalue weighted by Crippen LogP contribution is -2.45. The SMILES string of the molecule is CC/C=C\C/C=C\C/C=C\C/C=C\C/C=C\CCCCCCCCCCCCCC(=O)NC(CO)C(O)/C=C/CC/C=C/CC/C=C/CCCCCCCCCCCCCC. The van der Waals surface area contributed by atoms with Crippen molar-refractivity contribution in [3.8, 4) is 0 Å². The Hall–Kier alpha value is -2.69. The minimum absolute atomic E-state index is 0.0843. The second-order valence-corrected chi connectivity index (χ2v) is 17.2. The van der Waals surface area contributed by atoms with Crippen LogP contribution in [0.1, 0.15) is 239 Å². The molecule has 0 aliphatic rings. The predicted octanol–water partition coefficient (Wildman–Crippen LogP) is 17.0. The van der Waals surface area contributed by atoms with E-state index in [1.165, 1.54) is 148 Å². The Bertz CT molecular complexity index is 1140. The topological polar surface area (TPSA) is 69.6 Å². The highest BCUT2D eigenvalue weighted by molar-refractivity contribution is 5.76. The highest BCUT2D eigenvalue weighted by Crippen LogP contribution is 2.15. The second kappa shape index (κ2) is 51.7. The number of hydrogen-bond donors (Lipinski definition) is 3. The summed E-state index contributed by atoms with van der Waals surface area (Å²) in [5, 5.41) is 23.1. The fourth-order valence-electron chi connectivity index (χ4n) is 7.35. The van der Waals surface area contributed by atoms with Crippen molar-refractivity contribution >= 4 is 5.91 Å². The lowest BCUT2D eigenvalue weighted by Gasteiger charge is -2.19. The Kier molecular flexibility index (Phi) is 49.4. The molecule has 61 heavy (non-hydrogen) atoms. The van der Waals surface area contributed by atoms with Crippen molar-refractivity contribution in [2.45, 2.75) is 251 Å². The third-order valence-electron chi connectivity index (χ3n) is 11.3. The Morgan fingerprint density at radius 2 is 0.738 bits per heavy atom. The van der Waals surface area contributed by atoms with Gasteiger partial charge in [-0.3, -0.25) is 4.79 Å². The van der Waals surface area contributed by atoms with Gasteiger partial charge in [0.2, 0.25) is 5.91 Å². The Morgan fingerprint density at radius 3 is 1.15 bits per heavy atom. The van der Waals surface area contributed by atoms with E-state index in [-0.39, 0.29) is 12.5 Å². The summed E-state index contributed by atoms with van der Waals surface area (Å²) in [5.41, 5.74) is 0. The Balaban J connectivity index is 3.63. The molecule has 0 rings (SSSR count). The van der Waals surface area contributed by atoms with Crippen LogP contribution in [0.2, 0.25) is 0 Å². The van der Waals surface area contributed by atoms with Gasteiger partial charge >= 0.3 is 0 Å². The summed E-state index contributed by atoms with van der Waals surface area (Å²) in [7, 11) is 0. The molecule has 0 aliphatic carbocycles. The first kappa shape index (κ1) is 58.3. The average Bonchev–Trinajstić information content (AvgIpc) is 3.26. The number of unbranched alkanes of at least 4 members (excludes halogenated alkanes) is 25. The third kappa shape index (κ3) is 48.2. The van der Waals surface area contributed by atoms with Crippen LogP contribution >= 0.6 is 0 Å². The van der Waals surface area contributed by atoms with Crippen LogP contribution < -0.4 is 5.32 Å². The van der Waals surface area contributed by atoms with E-state index >= 15 is 0 Å². The van der Waals surface area contributed by atoms with Gasteiger partial charge in [-0.25, -0.2) is 0 Å². The van der Waals surface area contributed by atoms with Crippen LogP contribution in [0.15, 0.2) is 97.2 Å². The fourth-order valence-corrected chi connectivity index (χ4v) is 7.35. The standard InChI is InChI=1S/C57H99NO3/c1-3-5-7-9-11-13-15-17-19-21-23-25-27-28-29-30-31-33-35-37-39-41-43-45-47-49-51-53-57(61)58-55(54-59)56(60)52-50-48-46-44-42-40-38-36-34-32-26-24-22-20-18-16-14-12-10-8-6-4-2/h5,7,11,13,17,19,23,25,28-29,34,36,42,44,50,52,55-56,59-60H,3-4,6,8-10,12,14-16,18,20-22,24,26-27,30-33,35,37-41,43,45-49,51,53-54H2,1-2H3,(H,58,61)/b7-5-,13-11-,19-17-,25-23-,29-28-,36-34+,44-42+,52-50+. The normalized spacial score (nSPS) is 13.7. The van der Waals surface area contributed by atoms with Gasteiger partial charge in [-0.05, 0) is 89.9 Å². The summed E-state index contributed by atoms with van der Waals surface area (Å²) in [6.07, 6.45) is 76.8. The Morgan fingerprint density at radius 1 is 0.410 bits per heavy atom. The summed E-state index contributed by atoms with van der Waals surface area (Å²) in [4.78, 5) is 12.4. The molecular weight excluding hydrogens is 747 g/mol. The number of aliphatic hydroxyl groups is 2. The quantitative estimate of drug-likeness (QED) is 0.0422. The second-order valence-electron chi connectivity index (χ2n) is 17.2. The summed E-state index contributed by atoms with van der Waals surface area (Å²) in [6, 6.07) is -0.654. The molecule has 0 saturated heterocycles. The number of allylic oxidation sites excluding steroid dienone is 15. The van der Waals surface area contributed by atoms with E-state index in [0.29, 0.717) is 6.42 Å². The molecular formula is C57H99NO3. The Labute approximate surface area is 379 Å². The van der Waals surface area contributed by atoms with Crippen LogP contribution in [0.25, 0.3) is 0 Å². The number of aliphatic hydroxyl groups excluding tert-OH is 2. The van der Waals surface area contributed by atoms with Gasteiger partial charge in [-0.1, -0.05) is 239 Å². The van der Waals surface area contributed by atoms with Gasteiger partial charge in [0, 0.05) is 6.42 Å². The molecule has 350 valence electrons. The predicted molar refractivity (Wildman–Crippen MR) is 271 cm³/mol. The zero-order valence-corrected chi connectivity index (χ0v) is 40.2. The summed E-state index contributed by atoms with van der Waals surface area (Å²) < 4.78 is 0. The van der Waals surface area contributed by atoms with Crippen molar-refractivity contribution in [3.63, 3.8) is 0 Å². The van der Waals surface area contributed by atoms with Crippen molar-refractivity contribution in [2.75, 3.05) is 6.61 Å². The van der Waals surface area contributed by atoms with E-state index in [1.807, 2.05) is 6.08 Å². The number of nitrogens with one attached hydrogen (secondary N) is 1. The minimum Gasteiger partial charge on any atom is -0.394 e. The zero-order valence-electron chi connectivity index (χ0n) is 40.2. The first-order valence-corrected chi connectivity index (χ1v) is 26.0. The molecule has 0 fully saturated rings. The molecule has 0 aliphatic heterocycles. The molecule has 0 aromatic carbocycles. The lowest BCUT2D eigenvalue weighted by atomic mass is 10.0. The van der Waals surface area contributed by atoms with E-state index in [2.05, 4.69) is 104 Å². The summed E-state index contributed by atoms with van der Waals surface area (Å²) >= 11 is 0. The molecule has 1 amide bonds. The lowest BCUT2D eigenvalue weighted by molar-refractivity contribution is -0.123. The smallest absolute Gasteiger partial charge is 0.220 e. The highest BCUT2D eigenvalue weighted by atomic mass is 16.3. The van der Waals surface area contributed by atoms with Gasteiger partial charge < -0.3 is 15.5 Å². The largest absolute Gasteiger partial charge is 0.394 e. The monoisotopic (exact) mass is 846 g/mol. The van der Waals surface area contributed by atoms with Crippen LogP contribution in [0.3, 0.4) is 0 Å². The van der Waals surface area contributed by atoms with Gasteiger partial charge in [0.05, 0.1) is 18.8 Å². The highest BCUT2D eigenvalue weighted by Gasteiger charge is 2.17. The maximum Gasteiger partial charge on any atom is 0.220 e. The first-order chi connectivity index (χ1) is 30.2. The van der Waals surface area contributed by atoms with Crippen LogP contribution in [-0.2, 0) is 4.79 Å². The molecule has 0 spiro atoms. The van der Waals surface area contributed by atoms with E-state index < -0.39 is 12.1 Å². The molecule has 0 aromatic rings. The van der Waals surface area contributed by atoms with Gasteiger partial charge in [-0.15, -0.1) is 0 Å². The maximum absolute atomic E-state index is 12.4. The molecule has 0 saturated carbocycles. The van der Waals surface area contributed by atoms with Crippen LogP contribution in [0.4, 0.5) is 0 Å². The van der Waals surface area contributed by atoms with Gasteiger partial charge in [-0.2, -0.15) is 0 Å². The zero-order chi connectivity index (χ0) is 44.2. The molecule has 0 heterocycles. The van der Waals surface area contributed by atoms with Gasteiger partial charge in [0.25, 0.3) is 0 Å². The molecule has 3 N–H and O–H groups in total. The van der Waals surface area contributed by atoms with Crippen LogP contribution in [0.5, 0.6) is 0 Å². The van der Waals surface area contributed by atoms with E-state index in [0.717, 1.165) is 70.6 Å². The van der Waals surface area contributed by atoms with Crippen molar-refractivity contribution in [1.29, 1.82) is 0 Å². The molecule has 0 aromatic heterocycles. The molecule has 2 unspecified atom stereocenters. The van der Waals surface area contributed by atoms with Crippen LogP contribution in [0, 0.1) is 0 Å². The number of hydrogen-bond acceptors (Lipinski definition) is 3. The van der Waals surface area contributed by atoms with E-state index in [4.69, 9.17) is 0 Å². The summed E-state index contributed by atoms with van der Waals surface area (Å²) in [6.45, 7) is 4.18. The minimum atomic E-state index is -0.878. The van der Waals surface area contributed by atoms with Crippen molar-refractivity contribution in [1.82, 2.24) is 5.32 Å². The van der Waals surface area contributed by atoms with Gasteiger partial charge in [0.15, 0.2) is 0 Å². The van der Waals surface area contributed by atoms with Crippen LogP contribution in [-0.4, -0.2) is 34.9 Å². The first-order valence-electron chi connectivity index (χ1n) is 26.0. The van der Waals surface area contributed by atoms with E-state index in [9.17, 15) is 15.0 Å². The third-order valence-corrected chi connectivity index (χ3v) is 11.3. The molecule has 2 atom stereocenters. The van der Waals surface area contributed by atoms with E-state index in [1.54, 1.807) is 6.08 Å². The van der Waals surface area contributed by atoms with Crippen molar-refractivity contribution in [3.05, 3.63) is 97.2 Å². The molecule has 4 nitrogen and oxygen atoms in total. The molecule has 0 bridgehead atoms. The fraction of sp³-hybridized carbons (Fsp3) is 0.702. The number of amides is 1. The number of carbonyl (C=O) groups is 1. The van der Waals surface area contributed by atoms with Crippen molar-refractivity contribution < 1.29 is 15.0 Å². The van der Waals surface area contributed by atoms with Gasteiger partial charge in [0.1, 0.15) is 0 Å². The van der Waals surface area contributed by atoms with Crippen molar-refractivity contribution in [2.24, 2.45) is 0 Å². The maximum atomic E-state index is 12.4. The summed E-state index contributed by atoms with van der Waals surface area (Å²) in [5.74, 6) is -0.0843.